The van der Waals surface area contributed by atoms with Gasteiger partial charge in [-0.05, 0) is 49.9 Å². The summed E-state index contributed by atoms with van der Waals surface area (Å²) in [5.41, 5.74) is 9.09. The average molecular weight is 308 g/mol. The van der Waals surface area contributed by atoms with Gasteiger partial charge in [-0.1, -0.05) is 6.42 Å². The molecule has 0 bridgehead atoms. The average Bonchev–Trinajstić information content (AvgIpc) is 2.94. The first-order valence-corrected chi connectivity index (χ1v) is 7.26. The van der Waals surface area contributed by atoms with E-state index in [2.05, 4.69) is 16.4 Å². The first kappa shape index (κ1) is 15.9. The summed E-state index contributed by atoms with van der Waals surface area (Å²) in [5.74, 6) is 0.409. The number of aromatic amines is 1. The minimum Gasteiger partial charge on any atom is -0.359 e. The van der Waals surface area contributed by atoms with Crippen molar-refractivity contribution >= 4 is 34.9 Å². The molecule has 4 N–H and O–H groups in total. The Morgan fingerprint density at radius 1 is 1.38 bits per heavy atom. The van der Waals surface area contributed by atoms with Gasteiger partial charge in [0, 0.05) is 34.7 Å². The van der Waals surface area contributed by atoms with Gasteiger partial charge >= 0.3 is 0 Å². The van der Waals surface area contributed by atoms with Crippen LogP contribution in [0.15, 0.2) is 24.3 Å². The Bertz CT molecular complexity index is 637. The largest absolute Gasteiger partial charge is 0.359 e. The predicted octanol–water partition coefficient (Wildman–Crippen LogP) is 3.35. The minimum atomic E-state index is 0. The van der Waals surface area contributed by atoms with Crippen LogP contribution < -0.4 is 11.1 Å². The Balaban J connectivity index is 0.00000161. The molecule has 0 radical (unpaired) electrons. The van der Waals surface area contributed by atoms with Gasteiger partial charge in [0.1, 0.15) is 0 Å². The molecule has 1 aromatic carbocycles. The second-order valence-corrected chi connectivity index (χ2v) is 5.86. The second-order valence-electron chi connectivity index (χ2n) is 5.86. The highest BCUT2D eigenvalue weighted by atomic mass is 35.5. The minimum absolute atomic E-state index is 0. The van der Waals surface area contributed by atoms with Gasteiger partial charge < -0.3 is 16.0 Å². The van der Waals surface area contributed by atoms with Gasteiger partial charge in [-0.15, -0.1) is 12.4 Å². The lowest BCUT2D eigenvalue weighted by Gasteiger charge is -2.14. The highest BCUT2D eigenvalue weighted by Gasteiger charge is 2.25. The molecular weight excluding hydrogens is 286 g/mol. The van der Waals surface area contributed by atoms with E-state index in [1.165, 1.54) is 0 Å². The van der Waals surface area contributed by atoms with Crippen molar-refractivity contribution in [1.29, 1.82) is 0 Å². The van der Waals surface area contributed by atoms with Crippen LogP contribution in [0, 0.1) is 12.8 Å². The zero-order chi connectivity index (χ0) is 14.1. The van der Waals surface area contributed by atoms with Crippen molar-refractivity contribution in [3.8, 4) is 0 Å². The summed E-state index contributed by atoms with van der Waals surface area (Å²) in [5, 5.41) is 4.11. The van der Waals surface area contributed by atoms with Gasteiger partial charge in [0.15, 0.2) is 0 Å². The molecule has 2 aromatic rings. The third kappa shape index (κ3) is 3.57. The maximum Gasteiger partial charge on any atom is 0.224 e. The topological polar surface area (TPSA) is 70.9 Å². The molecule has 5 heteroatoms. The fourth-order valence-electron chi connectivity index (χ4n) is 3.12. The number of anilines is 1. The molecule has 1 amide bonds. The number of fused-ring (bicyclic) bond motifs is 1. The Hall–Kier alpha value is -1.52. The molecule has 1 saturated carbocycles. The molecule has 2 atom stereocenters. The maximum atomic E-state index is 12.1. The number of carbonyl (C=O) groups is 1. The summed E-state index contributed by atoms with van der Waals surface area (Å²) in [6.45, 7) is 2.03. The van der Waals surface area contributed by atoms with E-state index in [0.29, 0.717) is 12.3 Å². The van der Waals surface area contributed by atoms with Crippen molar-refractivity contribution < 1.29 is 4.79 Å². The van der Waals surface area contributed by atoms with Crippen LogP contribution in [0.1, 0.15) is 31.4 Å². The SMILES string of the molecule is Cc1cc2cc(NC(=O)C[C@@H]3CCC[C@H]3N)ccc2[nH]1.Cl. The van der Waals surface area contributed by atoms with Crippen LogP contribution in [0.2, 0.25) is 0 Å². The van der Waals surface area contributed by atoms with Gasteiger partial charge in [-0.25, -0.2) is 0 Å². The van der Waals surface area contributed by atoms with Gasteiger partial charge in [-0.2, -0.15) is 0 Å². The number of hydrogen-bond donors (Lipinski definition) is 3. The summed E-state index contributed by atoms with van der Waals surface area (Å²) in [4.78, 5) is 15.4. The molecule has 114 valence electrons. The third-order valence-electron chi connectivity index (χ3n) is 4.20. The van der Waals surface area contributed by atoms with Crippen LogP contribution in [0.4, 0.5) is 5.69 Å². The monoisotopic (exact) mass is 307 g/mol. The Kier molecular flexibility index (Phi) is 4.91. The van der Waals surface area contributed by atoms with Crippen LogP contribution in [0.25, 0.3) is 10.9 Å². The number of halogens is 1. The zero-order valence-electron chi connectivity index (χ0n) is 12.2. The standard InChI is InChI=1S/C16H21N3O.ClH/c1-10-7-12-8-13(5-6-15(12)18-10)19-16(20)9-11-3-2-4-14(11)17;/h5-8,11,14,18H,2-4,9,17H2,1H3,(H,19,20);1H/t11-,14+;/m0./s1. The Labute approximate surface area is 130 Å². The van der Waals surface area contributed by atoms with E-state index in [-0.39, 0.29) is 24.4 Å². The first-order chi connectivity index (χ1) is 9.61. The lowest BCUT2D eigenvalue weighted by molar-refractivity contribution is -0.117. The second kappa shape index (κ2) is 6.50. The van der Waals surface area contributed by atoms with Crippen LogP contribution in [0.3, 0.4) is 0 Å². The molecule has 1 fully saturated rings. The van der Waals surface area contributed by atoms with E-state index >= 15 is 0 Å². The highest BCUT2D eigenvalue weighted by molar-refractivity contribution is 5.94. The van der Waals surface area contributed by atoms with Gasteiger partial charge in [0.25, 0.3) is 0 Å². The number of benzene rings is 1. The molecule has 4 nitrogen and oxygen atoms in total. The van der Waals surface area contributed by atoms with Crippen LogP contribution >= 0.6 is 12.4 Å². The van der Waals surface area contributed by atoms with Crippen LogP contribution in [-0.2, 0) is 4.79 Å². The Morgan fingerprint density at radius 2 is 2.19 bits per heavy atom. The highest BCUT2D eigenvalue weighted by Crippen LogP contribution is 2.27. The van der Waals surface area contributed by atoms with Gasteiger partial charge in [-0.3, -0.25) is 4.79 Å². The number of aryl methyl sites for hydroxylation is 1. The summed E-state index contributed by atoms with van der Waals surface area (Å²) in [7, 11) is 0. The number of nitrogens with two attached hydrogens (primary N) is 1. The van der Waals surface area contributed by atoms with E-state index in [1.54, 1.807) is 0 Å². The van der Waals surface area contributed by atoms with E-state index in [0.717, 1.165) is 41.5 Å². The molecule has 1 heterocycles. The van der Waals surface area contributed by atoms with E-state index in [1.807, 2.05) is 25.1 Å². The number of carbonyl (C=O) groups excluding carboxylic acids is 1. The van der Waals surface area contributed by atoms with Crippen molar-refractivity contribution in [2.45, 2.75) is 38.6 Å². The van der Waals surface area contributed by atoms with Gasteiger partial charge in [0.2, 0.25) is 5.91 Å². The molecule has 3 rings (SSSR count). The van der Waals surface area contributed by atoms with Gasteiger partial charge in [0.05, 0.1) is 0 Å². The molecule has 0 aliphatic heterocycles. The zero-order valence-corrected chi connectivity index (χ0v) is 13.0. The van der Waals surface area contributed by atoms with Crippen LogP contribution in [-0.4, -0.2) is 16.9 Å². The van der Waals surface area contributed by atoms with Crippen molar-refractivity contribution in [1.82, 2.24) is 4.98 Å². The smallest absolute Gasteiger partial charge is 0.224 e. The lowest BCUT2D eigenvalue weighted by atomic mass is 10.00. The number of hydrogen-bond acceptors (Lipinski definition) is 2. The van der Waals surface area contributed by atoms with E-state index < -0.39 is 0 Å². The number of aromatic nitrogens is 1. The molecule has 1 aliphatic carbocycles. The van der Waals surface area contributed by atoms with Crippen LogP contribution in [0.5, 0.6) is 0 Å². The van der Waals surface area contributed by atoms with E-state index in [4.69, 9.17) is 5.73 Å². The number of amides is 1. The number of H-pyrrole nitrogens is 1. The summed E-state index contributed by atoms with van der Waals surface area (Å²) < 4.78 is 0. The molecule has 1 aliphatic rings. The molecule has 0 spiro atoms. The number of rotatable bonds is 3. The van der Waals surface area contributed by atoms with Crippen molar-refractivity contribution in [3.05, 3.63) is 30.0 Å². The normalized spacial score (nSPS) is 21.2. The predicted molar refractivity (Wildman–Crippen MR) is 88.8 cm³/mol. The van der Waals surface area contributed by atoms with Crippen molar-refractivity contribution in [2.75, 3.05) is 5.32 Å². The number of nitrogens with one attached hydrogen (secondary N) is 2. The summed E-state index contributed by atoms with van der Waals surface area (Å²) in [6.07, 6.45) is 3.80. The molecule has 21 heavy (non-hydrogen) atoms. The quantitative estimate of drug-likeness (QED) is 0.813. The Morgan fingerprint density at radius 3 is 2.90 bits per heavy atom. The fraction of sp³-hybridized carbons (Fsp3) is 0.438. The summed E-state index contributed by atoms with van der Waals surface area (Å²) in [6, 6.07) is 8.21. The van der Waals surface area contributed by atoms with Crippen molar-refractivity contribution in [3.63, 3.8) is 0 Å². The lowest BCUT2D eigenvalue weighted by Crippen LogP contribution is -2.28. The fourth-order valence-corrected chi connectivity index (χ4v) is 3.12. The first-order valence-electron chi connectivity index (χ1n) is 7.26. The van der Waals surface area contributed by atoms with E-state index in [9.17, 15) is 4.79 Å². The maximum absolute atomic E-state index is 12.1. The molecule has 0 unspecified atom stereocenters. The molecular formula is C16H22ClN3O. The third-order valence-corrected chi connectivity index (χ3v) is 4.20. The molecule has 0 saturated heterocycles. The summed E-state index contributed by atoms with van der Waals surface area (Å²) >= 11 is 0. The van der Waals surface area contributed by atoms with Crippen molar-refractivity contribution in [2.24, 2.45) is 11.7 Å². The molecule has 1 aromatic heterocycles.